The molecule has 1 nitrogen and oxygen atoms in total. The summed E-state index contributed by atoms with van der Waals surface area (Å²) in [5.74, 6) is 0. The van der Waals surface area contributed by atoms with Gasteiger partial charge >= 0.3 is 0 Å². The monoisotopic (exact) mass is 325 g/mol. The molecule has 0 radical (unpaired) electrons. The van der Waals surface area contributed by atoms with Gasteiger partial charge in [0.25, 0.3) is 0 Å². The first-order valence-corrected chi connectivity index (χ1v) is 9.48. The van der Waals surface area contributed by atoms with Crippen molar-refractivity contribution in [3.05, 3.63) is 40.0 Å². The van der Waals surface area contributed by atoms with Crippen molar-refractivity contribution in [2.45, 2.75) is 80.6 Å². The maximum atomic E-state index is 6.59. The third kappa shape index (κ3) is 3.41. The van der Waals surface area contributed by atoms with E-state index in [2.05, 4.69) is 60.6 Å². The zero-order chi connectivity index (χ0) is 17.9. The van der Waals surface area contributed by atoms with Crippen LogP contribution in [0.15, 0.2) is 17.7 Å². The lowest BCUT2D eigenvalue weighted by Crippen LogP contribution is -2.23. The number of fused-ring (bicyclic) bond motifs is 3. The molecule has 0 spiro atoms. The number of allylic oxidation sites excluding steroid dienone is 2. The minimum Gasteiger partial charge on any atom is -0.398 e. The third-order valence-corrected chi connectivity index (χ3v) is 5.80. The van der Waals surface area contributed by atoms with Crippen LogP contribution in [-0.2, 0) is 25.7 Å². The van der Waals surface area contributed by atoms with Gasteiger partial charge in [0.1, 0.15) is 0 Å². The number of hydrogen-bond acceptors (Lipinski definition) is 1. The van der Waals surface area contributed by atoms with Gasteiger partial charge in [-0.15, -0.1) is 0 Å². The van der Waals surface area contributed by atoms with Crippen molar-refractivity contribution < 1.29 is 0 Å². The lowest BCUT2D eigenvalue weighted by Gasteiger charge is -2.32. The molecule has 0 aliphatic heterocycles. The van der Waals surface area contributed by atoms with Crippen LogP contribution in [0.2, 0.25) is 0 Å². The van der Waals surface area contributed by atoms with E-state index in [9.17, 15) is 0 Å². The van der Waals surface area contributed by atoms with Crippen LogP contribution < -0.4 is 5.73 Å². The molecule has 1 heteroatoms. The number of benzene rings is 1. The highest BCUT2D eigenvalue weighted by Gasteiger charge is 2.36. The number of anilines is 1. The van der Waals surface area contributed by atoms with Crippen LogP contribution in [0.3, 0.4) is 0 Å². The van der Waals surface area contributed by atoms with E-state index in [-0.39, 0.29) is 5.41 Å². The molecule has 3 rings (SSSR count). The zero-order valence-corrected chi connectivity index (χ0v) is 16.8. The summed E-state index contributed by atoms with van der Waals surface area (Å²) in [7, 11) is 0. The molecule has 0 unspecified atom stereocenters. The molecule has 24 heavy (non-hydrogen) atoms. The van der Waals surface area contributed by atoms with Crippen molar-refractivity contribution in [3.8, 4) is 0 Å². The first-order valence-electron chi connectivity index (χ1n) is 9.48. The maximum absolute atomic E-state index is 6.59. The lowest BCUT2D eigenvalue weighted by atomic mass is 9.73. The molecule has 0 saturated carbocycles. The number of nitrogens with two attached hydrogens (primary N) is 1. The van der Waals surface area contributed by atoms with Gasteiger partial charge in [-0.25, -0.2) is 0 Å². The molecule has 0 heterocycles. The van der Waals surface area contributed by atoms with Crippen LogP contribution in [0.4, 0.5) is 5.69 Å². The Labute approximate surface area is 148 Å². The van der Waals surface area contributed by atoms with Crippen LogP contribution in [-0.4, -0.2) is 0 Å². The summed E-state index contributed by atoms with van der Waals surface area (Å²) < 4.78 is 0. The van der Waals surface area contributed by atoms with Gasteiger partial charge in [-0.05, 0) is 83.6 Å². The molecule has 2 N–H and O–H groups in total. The highest BCUT2D eigenvalue weighted by molar-refractivity contribution is 5.60. The van der Waals surface area contributed by atoms with Crippen molar-refractivity contribution in [2.75, 3.05) is 5.73 Å². The first-order chi connectivity index (χ1) is 10.9. The second kappa shape index (κ2) is 5.38. The molecule has 132 valence electrons. The molecule has 0 bridgehead atoms. The predicted octanol–water partition coefficient (Wildman–Crippen LogP) is 5.88. The summed E-state index contributed by atoms with van der Waals surface area (Å²) in [6, 6.07) is 2.31. The summed E-state index contributed by atoms with van der Waals surface area (Å²) in [6.45, 7) is 16.7. The van der Waals surface area contributed by atoms with Crippen LogP contribution >= 0.6 is 0 Å². The summed E-state index contributed by atoms with van der Waals surface area (Å²) in [4.78, 5) is 0. The van der Waals surface area contributed by atoms with Crippen LogP contribution in [0.25, 0.3) is 0 Å². The van der Waals surface area contributed by atoms with E-state index in [1.807, 2.05) is 0 Å². The Balaban J connectivity index is 2.22. The summed E-state index contributed by atoms with van der Waals surface area (Å²) in [6.07, 6.45) is 8.19. The largest absolute Gasteiger partial charge is 0.398 e. The summed E-state index contributed by atoms with van der Waals surface area (Å²) >= 11 is 0. The highest BCUT2D eigenvalue weighted by Crippen LogP contribution is 2.46. The summed E-state index contributed by atoms with van der Waals surface area (Å²) in [5.41, 5.74) is 16.1. The molecular formula is C23H35N. The molecular weight excluding hydrogens is 290 g/mol. The van der Waals surface area contributed by atoms with Crippen LogP contribution in [0, 0.1) is 16.2 Å². The van der Waals surface area contributed by atoms with Gasteiger partial charge in [0.2, 0.25) is 0 Å². The number of rotatable bonds is 0. The Kier molecular flexibility index (Phi) is 3.94. The van der Waals surface area contributed by atoms with Crippen molar-refractivity contribution in [1.29, 1.82) is 0 Å². The molecule has 0 amide bonds. The third-order valence-electron chi connectivity index (χ3n) is 5.80. The van der Waals surface area contributed by atoms with Crippen molar-refractivity contribution in [2.24, 2.45) is 16.2 Å². The van der Waals surface area contributed by atoms with E-state index < -0.39 is 0 Å². The molecule has 0 fully saturated rings. The van der Waals surface area contributed by atoms with Crippen molar-refractivity contribution in [3.63, 3.8) is 0 Å². The molecule has 2 aliphatic rings. The minimum absolute atomic E-state index is 0.192. The fourth-order valence-corrected chi connectivity index (χ4v) is 5.63. The molecule has 1 aromatic carbocycles. The van der Waals surface area contributed by atoms with Gasteiger partial charge < -0.3 is 5.73 Å². The highest BCUT2D eigenvalue weighted by atomic mass is 14.6. The van der Waals surface area contributed by atoms with E-state index in [1.54, 1.807) is 11.1 Å². The zero-order valence-electron chi connectivity index (χ0n) is 16.8. The van der Waals surface area contributed by atoms with Crippen LogP contribution in [0.5, 0.6) is 0 Å². The molecule has 1 aromatic rings. The van der Waals surface area contributed by atoms with Gasteiger partial charge in [-0.2, -0.15) is 0 Å². The lowest BCUT2D eigenvalue weighted by molar-refractivity contribution is 0.204. The van der Waals surface area contributed by atoms with Gasteiger partial charge in [-0.1, -0.05) is 53.2 Å². The average molecular weight is 326 g/mol. The van der Waals surface area contributed by atoms with E-state index in [4.69, 9.17) is 5.73 Å². The van der Waals surface area contributed by atoms with Gasteiger partial charge in [0, 0.05) is 5.69 Å². The fraction of sp³-hybridized carbons (Fsp3) is 0.652. The SMILES string of the molecule is CC1=CC(C)(C)Cc2c(N)cc3c(c2C1)CC(C)(C)CC(C)(C)C3. The number of hydrogen-bond donors (Lipinski definition) is 1. The second-order valence-electron chi connectivity index (χ2n) is 10.8. The Morgan fingerprint density at radius 1 is 0.833 bits per heavy atom. The molecule has 0 saturated heterocycles. The fourth-order valence-electron chi connectivity index (χ4n) is 5.63. The Hall–Kier alpha value is -1.24. The second-order valence-corrected chi connectivity index (χ2v) is 10.8. The topological polar surface area (TPSA) is 26.0 Å². The standard InChI is InChI=1S/C23H35N/c1-15-8-17-18-12-23(6,7)14-22(4,5)11-16(18)9-20(24)19(17)13-21(2,3)10-15/h9-10H,8,11-14,24H2,1-7H3. The average Bonchev–Trinajstić information content (AvgIpc) is 2.52. The van der Waals surface area contributed by atoms with Gasteiger partial charge in [0.15, 0.2) is 0 Å². The van der Waals surface area contributed by atoms with Crippen molar-refractivity contribution in [1.82, 2.24) is 0 Å². The minimum atomic E-state index is 0.192. The molecule has 0 aromatic heterocycles. The number of nitrogen functional groups attached to an aromatic ring is 1. The van der Waals surface area contributed by atoms with Crippen LogP contribution in [0.1, 0.15) is 77.1 Å². The van der Waals surface area contributed by atoms with Crippen molar-refractivity contribution >= 4 is 5.69 Å². The summed E-state index contributed by atoms with van der Waals surface area (Å²) in [5, 5.41) is 0. The van der Waals surface area contributed by atoms with E-state index in [1.165, 1.54) is 29.5 Å². The molecule has 2 aliphatic carbocycles. The van der Waals surface area contributed by atoms with E-state index in [0.29, 0.717) is 10.8 Å². The molecule has 0 atom stereocenters. The quantitative estimate of drug-likeness (QED) is 0.360. The van der Waals surface area contributed by atoms with Gasteiger partial charge in [0.05, 0.1) is 0 Å². The maximum Gasteiger partial charge on any atom is 0.0352 e. The first kappa shape index (κ1) is 17.6. The normalized spacial score (nSPS) is 24.2. The smallest absolute Gasteiger partial charge is 0.0352 e. The van der Waals surface area contributed by atoms with E-state index >= 15 is 0 Å². The Morgan fingerprint density at radius 3 is 2.12 bits per heavy atom. The Morgan fingerprint density at radius 2 is 1.46 bits per heavy atom. The van der Waals surface area contributed by atoms with E-state index in [0.717, 1.165) is 24.9 Å². The van der Waals surface area contributed by atoms with Gasteiger partial charge in [-0.3, -0.25) is 0 Å². The Bertz CT molecular complexity index is 701. The predicted molar refractivity (Wildman–Crippen MR) is 105 cm³/mol.